The maximum atomic E-state index is 11.7. The quantitative estimate of drug-likeness (QED) is 0.648. The van der Waals surface area contributed by atoms with Crippen LogP contribution >= 0.6 is 0 Å². The van der Waals surface area contributed by atoms with Crippen LogP contribution in [0.2, 0.25) is 0 Å². The van der Waals surface area contributed by atoms with Crippen LogP contribution in [0.3, 0.4) is 0 Å². The molecule has 0 saturated carbocycles. The second kappa shape index (κ2) is 7.69. The number of carbonyl (C=O) groups excluding carboxylic acids is 1. The Morgan fingerprint density at radius 3 is 3.00 bits per heavy atom. The standard InChI is InChI=1S/C18H23NO3/c1-4-6-7-8-18(20)19-12-15-11-17-14(9-13(3)22-17)10-16(15)21-5-2/h4,6-8,10-11,13H,5,9,12H2,1-3H3,(H,19,20)/b6-4+,8-7+/t13-/m0/s1. The van der Waals surface area contributed by atoms with E-state index in [1.807, 2.05) is 45.1 Å². The summed E-state index contributed by atoms with van der Waals surface area (Å²) in [5.74, 6) is 1.58. The van der Waals surface area contributed by atoms with E-state index in [-0.39, 0.29) is 12.0 Å². The molecule has 0 bridgehead atoms. The molecule has 4 nitrogen and oxygen atoms in total. The number of hydrogen-bond donors (Lipinski definition) is 1. The predicted molar refractivity (Wildman–Crippen MR) is 87.2 cm³/mol. The van der Waals surface area contributed by atoms with Crippen molar-refractivity contribution in [3.05, 3.63) is 47.6 Å². The maximum Gasteiger partial charge on any atom is 0.244 e. The lowest BCUT2D eigenvalue weighted by atomic mass is 10.1. The van der Waals surface area contributed by atoms with Gasteiger partial charge in [-0.1, -0.05) is 18.2 Å². The predicted octanol–water partition coefficient (Wildman–Crippen LogP) is 3.16. The molecule has 118 valence electrons. The minimum atomic E-state index is -0.129. The van der Waals surface area contributed by atoms with Gasteiger partial charge in [0.25, 0.3) is 0 Å². The lowest BCUT2D eigenvalue weighted by molar-refractivity contribution is -0.116. The average Bonchev–Trinajstić information content (AvgIpc) is 2.84. The van der Waals surface area contributed by atoms with Gasteiger partial charge in [0, 0.05) is 30.2 Å². The molecule has 0 saturated heterocycles. The SMILES string of the molecule is C/C=C/C=C/C(=O)NCc1cc2c(cc1OCC)C[C@H](C)O2. The van der Waals surface area contributed by atoms with Gasteiger partial charge in [0.05, 0.1) is 6.61 Å². The van der Waals surface area contributed by atoms with E-state index in [0.717, 1.165) is 23.5 Å². The van der Waals surface area contributed by atoms with Crippen molar-refractivity contribution in [1.82, 2.24) is 5.32 Å². The van der Waals surface area contributed by atoms with Crippen molar-refractivity contribution in [3.63, 3.8) is 0 Å². The first kappa shape index (κ1) is 16.1. The molecule has 1 atom stereocenters. The van der Waals surface area contributed by atoms with Crippen LogP contribution in [0.4, 0.5) is 0 Å². The molecule has 1 heterocycles. The Balaban J connectivity index is 2.09. The molecule has 0 aliphatic carbocycles. The summed E-state index contributed by atoms with van der Waals surface area (Å²) in [6, 6.07) is 4.00. The summed E-state index contributed by atoms with van der Waals surface area (Å²) in [5.41, 5.74) is 2.10. The van der Waals surface area contributed by atoms with Gasteiger partial charge in [0.15, 0.2) is 0 Å². The Morgan fingerprint density at radius 1 is 1.45 bits per heavy atom. The van der Waals surface area contributed by atoms with Crippen molar-refractivity contribution in [2.45, 2.75) is 39.8 Å². The fraction of sp³-hybridized carbons (Fsp3) is 0.389. The Hall–Kier alpha value is -2.23. The first-order valence-corrected chi connectivity index (χ1v) is 7.66. The summed E-state index contributed by atoms with van der Waals surface area (Å²) in [6.45, 7) is 6.92. The topological polar surface area (TPSA) is 47.6 Å². The molecule has 0 spiro atoms. The molecular formula is C18H23NO3. The van der Waals surface area contributed by atoms with E-state index in [0.29, 0.717) is 13.2 Å². The van der Waals surface area contributed by atoms with E-state index in [4.69, 9.17) is 9.47 Å². The number of fused-ring (bicyclic) bond motifs is 1. The maximum absolute atomic E-state index is 11.7. The highest BCUT2D eigenvalue weighted by Crippen LogP contribution is 2.35. The van der Waals surface area contributed by atoms with Crippen molar-refractivity contribution in [2.24, 2.45) is 0 Å². The molecule has 0 aromatic heterocycles. The first-order chi connectivity index (χ1) is 10.6. The first-order valence-electron chi connectivity index (χ1n) is 7.66. The molecule has 1 amide bonds. The van der Waals surface area contributed by atoms with Crippen LogP contribution in [0, 0.1) is 0 Å². The van der Waals surface area contributed by atoms with Crippen LogP contribution in [0.15, 0.2) is 36.4 Å². The molecule has 1 aliphatic rings. The summed E-state index contributed by atoms with van der Waals surface area (Å²) in [7, 11) is 0. The van der Waals surface area contributed by atoms with Crippen molar-refractivity contribution in [1.29, 1.82) is 0 Å². The monoisotopic (exact) mass is 301 g/mol. The number of rotatable bonds is 6. The second-order valence-corrected chi connectivity index (χ2v) is 5.24. The van der Waals surface area contributed by atoms with Crippen LogP contribution in [-0.4, -0.2) is 18.6 Å². The van der Waals surface area contributed by atoms with Crippen molar-refractivity contribution in [3.8, 4) is 11.5 Å². The Bertz CT molecular complexity index is 590. The number of benzene rings is 1. The van der Waals surface area contributed by atoms with E-state index in [1.165, 1.54) is 11.6 Å². The largest absolute Gasteiger partial charge is 0.494 e. The van der Waals surface area contributed by atoms with Crippen LogP contribution in [0.25, 0.3) is 0 Å². The zero-order chi connectivity index (χ0) is 15.9. The number of allylic oxidation sites excluding steroid dienone is 3. The van der Waals surface area contributed by atoms with Gasteiger partial charge in [0.2, 0.25) is 5.91 Å². The molecule has 2 rings (SSSR count). The molecule has 4 heteroatoms. The smallest absolute Gasteiger partial charge is 0.244 e. The highest BCUT2D eigenvalue weighted by Gasteiger charge is 2.21. The van der Waals surface area contributed by atoms with Gasteiger partial charge in [-0.15, -0.1) is 0 Å². The molecule has 22 heavy (non-hydrogen) atoms. The van der Waals surface area contributed by atoms with Crippen LogP contribution in [0.5, 0.6) is 11.5 Å². The van der Waals surface area contributed by atoms with E-state index >= 15 is 0 Å². The number of carbonyl (C=O) groups is 1. The number of hydrogen-bond acceptors (Lipinski definition) is 3. The van der Waals surface area contributed by atoms with Gasteiger partial charge >= 0.3 is 0 Å². The Kier molecular flexibility index (Phi) is 5.64. The van der Waals surface area contributed by atoms with Gasteiger partial charge in [-0.2, -0.15) is 0 Å². The van der Waals surface area contributed by atoms with Crippen molar-refractivity contribution >= 4 is 5.91 Å². The molecule has 0 radical (unpaired) electrons. The summed E-state index contributed by atoms with van der Waals surface area (Å²) in [4.78, 5) is 11.7. The molecule has 0 unspecified atom stereocenters. The molecule has 0 fully saturated rings. The van der Waals surface area contributed by atoms with Gasteiger partial charge < -0.3 is 14.8 Å². The highest BCUT2D eigenvalue weighted by atomic mass is 16.5. The second-order valence-electron chi connectivity index (χ2n) is 5.24. The third-order valence-corrected chi connectivity index (χ3v) is 3.38. The number of ether oxygens (including phenoxy) is 2. The average molecular weight is 301 g/mol. The Labute approximate surface area is 131 Å². The molecule has 1 aromatic carbocycles. The van der Waals surface area contributed by atoms with E-state index in [2.05, 4.69) is 5.32 Å². The van der Waals surface area contributed by atoms with Crippen LogP contribution in [-0.2, 0) is 17.8 Å². The van der Waals surface area contributed by atoms with Crippen molar-refractivity contribution < 1.29 is 14.3 Å². The minimum Gasteiger partial charge on any atom is -0.494 e. The fourth-order valence-electron chi connectivity index (χ4n) is 2.40. The van der Waals surface area contributed by atoms with Gasteiger partial charge in [-0.05, 0) is 32.9 Å². The number of nitrogens with one attached hydrogen (secondary N) is 1. The summed E-state index contributed by atoms with van der Waals surface area (Å²) < 4.78 is 11.5. The lowest BCUT2D eigenvalue weighted by Crippen LogP contribution is -2.20. The fourth-order valence-corrected chi connectivity index (χ4v) is 2.40. The van der Waals surface area contributed by atoms with Crippen LogP contribution in [0.1, 0.15) is 31.9 Å². The normalized spacial score (nSPS) is 16.8. The summed E-state index contributed by atoms with van der Waals surface area (Å²) in [6.07, 6.45) is 8.00. The van der Waals surface area contributed by atoms with Gasteiger partial charge in [0.1, 0.15) is 17.6 Å². The lowest BCUT2D eigenvalue weighted by Gasteiger charge is -2.12. The highest BCUT2D eigenvalue weighted by molar-refractivity contribution is 5.87. The number of amides is 1. The van der Waals surface area contributed by atoms with Gasteiger partial charge in [-0.3, -0.25) is 4.79 Å². The van der Waals surface area contributed by atoms with E-state index in [9.17, 15) is 4.79 Å². The molecule has 1 aliphatic heterocycles. The third-order valence-electron chi connectivity index (χ3n) is 3.38. The summed E-state index contributed by atoms with van der Waals surface area (Å²) in [5, 5.41) is 2.86. The molecule has 1 aromatic rings. The molecular weight excluding hydrogens is 278 g/mol. The van der Waals surface area contributed by atoms with Gasteiger partial charge in [-0.25, -0.2) is 0 Å². The zero-order valence-electron chi connectivity index (χ0n) is 13.4. The molecule has 1 N–H and O–H groups in total. The van der Waals surface area contributed by atoms with E-state index < -0.39 is 0 Å². The van der Waals surface area contributed by atoms with Crippen molar-refractivity contribution in [2.75, 3.05) is 6.61 Å². The van der Waals surface area contributed by atoms with Crippen LogP contribution < -0.4 is 14.8 Å². The zero-order valence-corrected chi connectivity index (χ0v) is 13.4. The van der Waals surface area contributed by atoms with E-state index in [1.54, 1.807) is 6.08 Å². The Morgan fingerprint density at radius 2 is 2.27 bits per heavy atom. The summed E-state index contributed by atoms with van der Waals surface area (Å²) >= 11 is 0. The minimum absolute atomic E-state index is 0.129. The third kappa shape index (κ3) is 4.13.